The Balaban J connectivity index is 1.48. The molecule has 0 aliphatic carbocycles. The number of benzene rings is 4. The van der Waals surface area contributed by atoms with Crippen molar-refractivity contribution in [1.82, 2.24) is 7.94 Å². The van der Waals surface area contributed by atoms with Crippen LogP contribution >= 0.6 is 0 Å². The van der Waals surface area contributed by atoms with E-state index in [4.69, 9.17) is 5.73 Å². The molecule has 4 aromatic carbocycles. The van der Waals surface area contributed by atoms with Gasteiger partial charge < -0.3 is 5.73 Å². The van der Waals surface area contributed by atoms with Gasteiger partial charge in [0, 0.05) is 23.2 Å². The average Bonchev–Trinajstić information content (AvgIpc) is 3.64. The molecule has 0 fully saturated rings. The van der Waals surface area contributed by atoms with Crippen molar-refractivity contribution in [3.8, 4) is 17.2 Å². The molecule has 2 aromatic heterocycles. The van der Waals surface area contributed by atoms with E-state index in [2.05, 4.69) is 6.07 Å². The van der Waals surface area contributed by atoms with Crippen molar-refractivity contribution in [3.05, 3.63) is 121 Å². The van der Waals surface area contributed by atoms with Crippen LogP contribution in [0.3, 0.4) is 0 Å². The second-order valence-corrected chi connectivity index (χ2v) is 14.5. The minimum absolute atomic E-state index is 0.0302. The molecule has 2 N–H and O–H groups in total. The van der Waals surface area contributed by atoms with Gasteiger partial charge >= 0.3 is 0 Å². The van der Waals surface area contributed by atoms with Gasteiger partial charge in [-0.15, -0.1) is 0 Å². The van der Waals surface area contributed by atoms with Gasteiger partial charge in [0.2, 0.25) is 0 Å². The summed E-state index contributed by atoms with van der Waals surface area (Å²) in [5, 5.41) is 11.2. The number of fused-ring (bicyclic) bond motifs is 2. The fourth-order valence-electron chi connectivity index (χ4n) is 5.57. The second kappa shape index (κ2) is 11.1. The molecule has 6 aromatic rings. The number of hydrogen-bond donors (Lipinski definition) is 1. The molecule has 2 unspecified atom stereocenters. The third-order valence-electron chi connectivity index (χ3n) is 8.08. The Morgan fingerprint density at radius 1 is 0.682 bits per heavy atom. The second-order valence-electron chi connectivity index (χ2n) is 10.8. The van der Waals surface area contributed by atoms with E-state index in [0.29, 0.717) is 39.7 Å². The molecule has 0 saturated carbocycles. The topological polar surface area (TPSA) is 128 Å². The summed E-state index contributed by atoms with van der Waals surface area (Å²) in [7, 11) is -7.91. The van der Waals surface area contributed by atoms with E-state index in [-0.39, 0.29) is 15.7 Å². The summed E-state index contributed by atoms with van der Waals surface area (Å²) < 4.78 is 57.7. The number of nitrogens with two attached hydrogens (primary N) is 1. The first-order valence-corrected chi connectivity index (χ1v) is 17.0. The Labute approximate surface area is 256 Å². The number of aromatic nitrogens is 2. The number of hydrogen-bond acceptors (Lipinski definition) is 6. The zero-order chi connectivity index (χ0) is 31.2. The number of rotatable bonds is 8. The maximum absolute atomic E-state index is 14.0. The fraction of sp³-hybridized carbons (Fsp3) is 0.147. The first-order valence-electron chi connectivity index (χ1n) is 14.1. The molecule has 0 aliphatic rings. The van der Waals surface area contributed by atoms with Gasteiger partial charge in [-0.3, -0.25) is 0 Å². The minimum Gasteiger partial charge on any atom is -0.330 e. The van der Waals surface area contributed by atoms with Crippen LogP contribution in [0.4, 0.5) is 0 Å². The van der Waals surface area contributed by atoms with Crippen molar-refractivity contribution in [3.63, 3.8) is 0 Å². The van der Waals surface area contributed by atoms with Crippen LogP contribution in [0, 0.1) is 11.3 Å². The summed E-state index contributed by atoms with van der Waals surface area (Å²) in [6.45, 7) is 4.07. The van der Waals surface area contributed by atoms with E-state index >= 15 is 0 Å². The summed E-state index contributed by atoms with van der Waals surface area (Å²) in [4.78, 5) is 0.245. The lowest BCUT2D eigenvalue weighted by molar-refractivity contribution is 0.587. The van der Waals surface area contributed by atoms with Gasteiger partial charge in [0.25, 0.3) is 20.0 Å². The Morgan fingerprint density at radius 3 is 1.98 bits per heavy atom. The molecule has 0 bridgehead atoms. The van der Waals surface area contributed by atoms with E-state index in [1.54, 1.807) is 79.9 Å². The number of nitrogens with zero attached hydrogens (tertiary/aromatic N) is 3. The SMILES string of the molecule is CC(C#N)c1cn(S(=O)(=O)c2ccccc2)c2ccc(-c3cccc(S(=O)(=O)n4cc(C(C)CN)c5ccccc54)c3)cc12. The quantitative estimate of drug-likeness (QED) is 0.208. The largest absolute Gasteiger partial charge is 0.330 e. The smallest absolute Gasteiger partial charge is 0.268 e. The molecule has 0 spiro atoms. The van der Waals surface area contributed by atoms with Gasteiger partial charge in [-0.1, -0.05) is 61.5 Å². The molecule has 0 radical (unpaired) electrons. The molecule has 0 aliphatic heterocycles. The number of para-hydroxylation sites is 1. The molecular weight excluding hydrogens is 593 g/mol. The third kappa shape index (κ3) is 4.79. The molecule has 0 amide bonds. The highest BCUT2D eigenvalue weighted by molar-refractivity contribution is 7.90. The van der Waals surface area contributed by atoms with Gasteiger partial charge in [-0.25, -0.2) is 24.8 Å². The summed E-state index contributed by atoms with van der Waals surface area (Å²) in [6.07, 6.45) is 3.16. The van der Waals surface area contributed by atoms with Gasteiger partial charge in [0.1, 0.15) is 0 Å². The zero-order valence-corrected chi connectivity index (χ0v) is 25.8. The Hall–Kier alpha value is -4.69. The van der Waals surface area contributed by atoms with Crippen molar-refractivity contribution < 1.29 is 16.8 Å². The van der Waals surface area contributed by atoms with Gasteiger partial charge in [-0.05, 0) is 84.1 Å². The first kappa shape index (κ1) is 29.4. The summed E-state index contributed by atoms with van der Waals surface area (Å²) in [5.41, 5.74) is 9.68. The molecule has 8 nitrogen and oxygen atoms in total. The normalized spacial score (nSPS) is 13.6. The highest BCUT2D eigenvalue weighted by Crippen LogP contribution is 2.35. The highest BCUT2D eigenvalue weighted by atomic mass is 32.2. The predicted octanol–water partition coefficient (Wildman–Crippen LogP) is 6.43. The molecule has 0 saturated heterocycles. The van der Waals surface area contributed by atoms with Crippen LogP contribution in [0.2, 0.25) is 0 Å². The van der Waals surface area contributed by atoms with Crippen molar-refractivity contribution >= 4 is 41.9 Å². The average molecular weight is 623 g/mol. The molecule has 10 heteroatoms. The van der Waals surface area contributed by atoms with Gasteiger partial charge in [0.15, 0.2) is 0 Å². The maximum Gasteiger partial charge on any atom is 0.268 e. The first-order chi connectivity index (χ1) is 21.1. The molecule has 6 rings (SSSR count). The third-order valence-corrected chi connectivity index (χ3v) is 11.4. The van der Waals surface area contributed by atoms with E-state index in [1.165, 1.54) is 26.3 Å². The fourth-order valence-corrected chi connectivity index (χ4v) is 8.39. The predicted molar refractivity (Wildman–Crippen MR) is 172 cm³/mol. The van der Waals surface area contributed by atoms with E-state index in [0.717, 1.165) is 10.9 Å². The van der Waals surface area contributed by atoms with Crippen LogP contribution in [0.1, 0.15) is 36.8 Å². The summed E-state index contributed by atoms with van der Waals surface area (Å²) in [5.74, 6) is -0.615. The zero-order valence-electron chi connectivity index (χ0n) is 24.1. The molecular formula is C34H30N4O4S2. The van der Waals surface area contributed by atoms with Crippen LogP contribution in [-0.2, 0) is 20.0 Å². The minimum atomic E-state index is -3.98. The van der Waals surface area contributed by atoms with E-state index < -0.39 is 26.0 Å². The number of nitriles is 1. The highest BCUT2D eigenvalue weighted by Gasteiger charge is 2.25. The lowest BCUT2D eigenvalue weighted by Crippen LogP contribution is -2.12. The van der Waals surface area contributed by atoms with Crippen LogP contribution < -0.4 is 5.73 Å². The lowest BCUT2D eigenvalue weighted by atomic mass is 9.98. The van der Waals surface area contributed by atoms with Crippen molar-refractivity contribution in [2.75, 3.05) is 6.54 Å². The lowest BCUT2D eigenvalue weighted by Gasteiger charge is -2.11. The van der Waals surface area contributed by atoms with Gasteiger partial charge in [0.05, 0.1) is 32.8 Å². The molecule has 2 heterocycles. The van der Waals surface area contributed by atoms with Gasteiger partial charge in [-0.2, -0.15) is 5.26 Å². The molecule has 222 valence electrons. The van der Waals surface area contributed by atoms with Crippen molar-refractivity contribution in [2.45, 2.75) is 35.5 Å². The Morgan fingerprint density at radius 2 is 1.27 bits per heavy atom. The summed E-state index contributed by atoms with van der Waals surface area (Å²) >= 11 is 0. The van der Waals surface area contributed by atoms with Crippen LogP contribution in [0.5, 0.6) is 0 Å². The Bertz CT molecular complexity index is 2300. The van der Waals surface area contributed by atoms with Crippen molar-refractivity contribution in [2.24, 2.45) is 5.73 Å². The van der Waals surface area contributed by atoms with Crippen LogP contribution in [-0.4, -0.2) is 31.3 Å². The van der Waals surface area contributed by atoms with E-state index in [1.807, 2.05) is 25.1 Å². The summed E-state index contributed by atoms with van der Waals surface area (Å²) in [6, 6.07) is 29.6. The Kier molecular flexibility index (Phi) is 7.41. The maximum atomic E-state index is 14.0. The van der Waals surface area contributed by atoms with E-state index in [9.17, 15) is 22.1 Å². The van der Waals surface area contributed by atoms with Crippen LogP contribution in [0.15, 0.2) is 119 Å². The van der Waals surface area contributed by atoms with Crippen LogP contribution in [0.25, 0.3) is 32.9 Å². The molecule has 44 heavy (non-hydrogen) atoms. The molecule has 2 atom stereocenters. The van der Waals surface area contributed by atoms with Crippen molar-refractivity contribution in [1.29, 1.82) is 5.26 Å². The monoisotopic (exact) mass is 622 g/mol. The standard InChI is InChI=1S/C34H30N4O4S2/c1-23(19-35)31-21-37(33-14-7-6-13-29(31)33)44(41,42)28-12-8-9-25(17-28)26-15-16-34-30(18-26)32(24(2)20-36)22-38(34)43(39,40)27-10-4-3-5-11-27/h3-18,21-24H,19,35H2,1-2H3.